The van der Waals surface area contributed by atoms with Gasteiger partial charge in [-0.25, -0.2) is 0 Å². The molecular formula is C11H17N5O2. The molecular weight excluding hydrogens is 234 g/mol. The molecule has 1 aromatic heterocycles. The molecule has 1 aliphatic heterocycles. The van der Waals surface area contributed by atoms with E-state index in [0.717, 1.165) is 25.8 Å². The second-order valence-corrected chi connectivity index (χ2v) is 4.38. The molecule has 98 valence electrons. The van der Waals surface area contributed by atoms with Gasteiger partial charge in [-0.05, 0) is 19.4 Å². The van der Waals surface area contributed by atoms with Crippen molar-refractivity contribution in [3.8, 4) is 0 Å². The Balaban J connectivity index is 1.90. The standard InChI is InChI=1S/C11H17N5O2/c12-10(17)7-16-6-8(5-14-16)15-11(18)9-3-1-2-4-13-9/h5-6,9,13H,1-4,7H2,(H2,12,17)(H,15,18)/t9-/m1/s1. The summed E-state index contributed by atoms with van der Waals surface area (Å²) >= 11 is 0. The number of primary amides is 1. The van der Waals surface area contributed by atoms with E-state index in [1.807, 2.05) is 0 Å². The predicted octanol–water partition coefficient (Wildman–Crippen LogP) is -0.551. The fourth-order valence-corrected chi connectivity index (χ4v) is 1.98. The van der Waals surface area contributed by atoms with E-state index in [4.69, 9.17) is 5.73 Å². The highest BCUT2D eigenvalue weighted by atomic mass is 16.2. The molecule has 7 heteroatoms. The monoisotopic (exact) mass is 251 g/mol. The Morgan fingerprint density at radius 1 is 1.56 bits per heavy atom. The third kappa shape index (κ3) is 3.30. The van der Waals surface area contributed by atoms with Gasteiger partial charge in [0.15, 0.2) is 0 Å². The molecule has 1 saturated heterocycles. The van der Waals surface area contributed by atoms with Crippen LogP contribution in [0.1, 0.15) is 19.3 Å². The van der Waals surface area contributed by atoms with Crippen molar-refractivity contribution in [3.63, 3.8) is 0 Å². The van der Waals surface area contributed by atoms with E-state index >= 15 is 0 Å². The maximum atomic E-state index is 11.9. The lowest BCUT2D eigenvalue weighted by Gasteiger charge is -2.22. The first-order valence-electron chi connectivity index (χ1n) is 6.00. The van der Waals surface area contributed by atoms with E-state index in [-0.39, 0.29) is 18.5 Å². The Bertz CT molecular complexity index is 436. The summed E-state index contributed by atoms with van der Waals surface area (Å²) in [5, 5.41) is 9.87. The van der Waals surface area contributed by atoms with Gasteiger partial charge in [0.05, 0.1) is 17.9 Å². The first-order chi connectivity index (χ1) is 8.65. The van der Waals surface area contributed by atoms with Crippen LogP contribution in [0.5, 0.6) is 0 Å². The maximum absolute atomic E-state index is 11.9. The highest BCUT2D eigenvalue weighted by molar-refractivity contribution is 5.94. The normalized spacial score (nSPS) is 19.4. The van der Waals surface area contributed by atoms with Crippen molar-refractivity contribution in [3.05, 3.63) is 12.4 Å². The molecule has 0 aromatic carbocycles. The van der Waals surface area contributed by atoms with Crippen LogP contribution >= 0.6 is 0 Å². The Hall–Kier alpha value is -1.89. The molecule has 2 heterocycles. The van der Waals surface area contributed by atoms with Gasteiger partial charge in [-0.1, -0.05) is 6.42 Å². The molecule has 18 heavy (non-hydrogen) atoms. The molecule has 0 aliphatic carbocycles. The molecule has 1 aromatic rings. The van der Waals surface area contributed by atoms with Gasteiger partial charge in [0, 0.05) is 6.20 Å². The zero-order valence-corrected chi connectivity index (χ0v) is 10.1. The Morgan fingerprint density at radius 3 is 3.06 bits per heavy atom. The topological polar surface area (TPSA) is 102 Å². The van der Waals surface area contributed by atoms with Crippen LogP contribution in [-0.4, -0.2) is 34.2 Å². The number of piperidine rings is 1. The van der Waals surface area contributed by atoms with Crippen molar-refractivity contribution >= 4 is 17.5 Å². The molecule has 2 rings (SSSR count). The minimum atomic E-state index is -0.468. The van der Waals surface area contributed by atoms with Gasteiger partial charge in [-0.2, -0.15) is 5.10 Å². The van der Waals surface area contributed by atoms with E-state index in [9.17, 15) is 9.59 Å². The molecule has 1 fully saturated rings. The number of anilines is 1. The van der Waals surface area contributed by atoms with Crippen molar-refractivity contribution in [2.24, 2.45) is 5.73 Å². The summed E-state index contributed by atoms with van der Waals surface area (Å²) in [7, 11) is 0. The number of carbonyl (C=O) groups excluding carboxylic acids is 2. The molecule has 1 aliphatic rings. The van der Waals surface area contributed by atoms with Gasteiger partial charge in [-0.15, -0.1) is 0 Å². The molecule has 1 atom stereocenters. The molecule has 0 unspecified atom stereocenters. The van der Waals surface area contributed by atoms with Crippen LogP contribution in [0.3, 0.4) is 0 Å². The van der Waals surface area contributed by atoms with Crippen molar-refractivity contribution in [2.75, 3.05) is 11.9 Å². The first kappa shape index (κ1) is 12.6. The number of rotatable bonds is 4. The third-order valence-electron chi connectivity index (χ3n) is 2.85. The number of amides is 2. The van der Waals surface area contributed by atoms with Crippen LogP contribution in [0, 0.1) is 0 Å². The smallest absolute Gasteiger partial charge is 0.241 e. The second-order valence-electron chi connectivity index (χ2n) is 4.38. The van der Waals surface area contributed by atoms with E-state index in [0.29, 0.717) is 5.69 Å². The minimum absolute atomic E-state index is 0.0115. The quantitative estimate of drug-likeness (QED) is 0.668. The number of nitrogens with one attached hydrogen (secondary N) is 2. The summed E-state index contributed by atoms with van der Waals surface area (Å²) in [5.74, 6) is -0.529. The number of hydrogen-bond acceptors (Lipinski definition) is 4. The van der Waals surface area contributed by atoms with Crippen molar-refractivity contribution in [1.29, 1.82) is 0 Å². The number of hydrogen-bond donors (Lipinski definition) is 3. The van der Waals surface area contributed by atoms with Crippen LogP contribution in [0.4, 0.5) is 5.69 Å². The van der Waals surface area contributed by atoms with Gasteiger partial charge < -0.3 is 16.4 Å². The molecule has 0 saturated carbocycles. The lowest BCUT2D eigenvalue weighted by atomic mass is 10.0. The molecule has 0 bridgehead atoms. The van der Waals surface area contributed by atoms with Crippen LogP contribution in [-0.2, 0) is 16.1 Å². The SMILES string of the molecule is NC(=O)Cn1cc(NC(=O)[C@H]2CCCCN2)cn1. The van der Waals surface area contributed by atoms with E-state index in [2.05, 4.69) is 15.7 Å². The van der Waals surface area contributed by atoms with Crippen molar-refractivity contribution in [2.45, 2.75) is 31.8 Å². The predicted molar refractivity (Wildman–Crippen MR) is 65.7 cm³/mol. The molecule has 4 N–H and O–H groups in total. The lowest BCUT2D eigenvalue weighted by molar-refractivity contribution is -0.119. The zero-order valence-electron chi connectivity index (χ0n) is 10.1. The summed E-state index contributed by atoms with van der Waals surface area (Å²) < 4.78 is 1.40. The Kier molecular flexibility index (Phi) is 3.93. The summed E-state index contributed by atoms with van der Waals surface area (Å²) in [6, 6.07) is -0.141. The van der Waals surface area contributed by atoms with Gasteiger partial charge >= 0.3 is 0 Å². The molecule has 2 amide bonds. The van der Waals surface area contributed by atoms with Gasteiger partial charge in [0.1, 0.15) is 6.54 Å². The second kappa shape index (κ2) is 5.63. The average Bonchev–Trinajstić information content (AvgIpc) is 2.76. The summed E-state index contributed by atoms with van der Waals surface area (Å²) in [6.07, 6.45) is 6.11. The van der Waals surface area contributed by atoms with Crippen LogP contribution in [0.15, 0.2) is 12.4 Å². The van der Waals surface area contributed by atoms with E-state index in [1.54, 1.807) is 6.20 Å². The highest BCUT2D eigenvalue weighted by Crippen LogP contribution is 2.10. The fourth-order valence-electron chi connectivity index (χ4n) is 1.98. The largest absolute Gasteiger partial charge is 0.368 e. The number of nitrogens with two attached hydrogens (primary N) is 1. The molecule has 7 nitrogen and oxygen atoms in total. The molecule has 0 radical (unpaired) electrons. The Labute approximate surface area is 105 Å². The third-order valence-corrected chi connectivity index (χ3v) is 2.85. The van der Waals surface area contributed by atoms with Crippen LogP contribution in [0.2, 0.25) is 0 Å². The molecule has 0 spiro atoms. The summed E-state index contributed by atoms with van der Waals surface area (Å²) in [4.78, 5) is 22.6. The lowest BCUT2D eigenvalue weighted by Crippen LogP contribution is -2.43. The first-order valence-corrected chi connectivity index (χ1v) is 6.00. The van der Waals surface area contributed by atoms with Crippen molar-refractivity contribution < 1.29 is 9.59 Å². The van der Waals surface area contributed by atoms with Gasteiger partial charge in [0.2, 0.25) is 11.8 Å². The number of carbonyl (C=O) groups is 2. The van der Waals surface area contributed by atoms with E-state index in [1.165, 1.54) is 10.9 Å². The summed E-state index contributed by atoms with van der Waals surface area (Å²) in [6.45, 7) is 0.885. The minimum Gasteiger partial charge on any atom is -0.368 e. The fraction of sp³-hybridized carbons (Fsp3) is 0.545. The zero-order chi connectivity index (χ0) is 13.0. The number of nitrogens with zero attached hydrogens (tertiary/aromatic N) is 2. The van der Waals surface area contributed by atoms with Crippen LogP contribution < -0.4 is 16.4 Å². The van der Waals surface area contributed by atoms with Gasteiger partial charge in [-0.3, -0.25) is 14.3 Å². The average molecular weight is 251 g/mol. The van der Waals surface area contributed by atoms with Crippen molar-refractivity contribution in [1.82, 2.24) is 15.1 Å². The number of aromatic nitrogens is 2. The highest BCUT2D eigenvalue weighted by Gasteiger charge is 2.20. The Morgan fingerprint density at radius 2 is 2.39 bits per heavy atom. The van der Waals surface area contributed by atoms with Crippen LogP contribution in [0.25, 0.3) is 0 Å². The van der Waals surface area contributed by atoms with Gasteiger partial charge in [0.25, 0.3) is 0 Å². The van der Waals surface area contributed by atoms with E-state index < -0.39 is 5.91 Å². The maximum Gasteiger partial charge on any atom is 0.241 e. The summed E-state index contributed by atoms with van der Waals surface area (Å²) in [5.41, 5.74) is 5.63.